The molecule has 0 aliphatic heterocycles. The maximum Gasteiger partial charge on any atom is 0.291 e. The van der Waals surface area contributed by atoms with E-state index in [2.05, 4.69) is 10.4 Å². The van der Waals surface area contributed by atoms with Gasteiger partial charge >= 0.3 is 0 Å². The molecule has 9 heteroatoms. The minimum atomic E-state index is -0.439. The van der Waals surface area contributed by atoms with Gasteiger partial charge in [-0.05, 0) is 55.5 Å². The second-order valence-electron chi connectivity index (χ2n) is 7.04. The van der Waals surface area contributed by atoms with E-state index in [1.54, 1.807) is 36.5 Å². The van der Waals surface area contributed by atoms with Crippen LogP contribution in [0, 0.1) is 5.82 Å². The van der Waals surface area contributed by atoms with Crippen molar-refractivity contribution in [3.8, 4) is 11.5 Å². The normalized spacial score (nSPS) is 10.8. The second kappa shape index (κ2) is 10.2. The van der Waals surface area contributed by atoms with E-state index in [9.17, 15) is 9.18 Å². The van der Waals surface area contributed by atoms with Crippen molar-refractivity contribution in [2.75, 3.05) is 11.9 Å². The van der Waals surface area contributed by atoms with Crippen LogP contribution in [-0.2, 0) is 13.2 Å². The van der Waals surface area contributed by atoms with Gasteiger partial charge in [0, 0.05) is 16.8 Å². The molecule has 0 atom stereocenters. The van der Waals surface area contributed by atoms with Crippen molar-refractivity contribution in [3.05, 3.63) is 94.9 Å². The van der Waals surface area contributed by atoms with Gasteiger partial charge in [0.05, 0.1) is 25.0 Å². The summed E-state index contributed by atoms with van der Waals surface area (Å²) in [5.41, 5.74) is 0.763. The number of nitrogens with one attached hydrogen (secondary N) is 1. The Morgan fingerprint density at radius 3 is 2.61 bits per heavy atom. The lowest BCUT2D eigenvalue weighted by atomic mass is 10.2. The molecule has 0 aliphatic rings. The summed E-state index contributed by atoms with van der Waals surface area (Å²) in [6, 6.07) is 15.0. The Bertz CT molecular complexity index is 1220. The minimum Gasteiger partial charge on any atom is -0.494 e. The van der Waals surface area contributed by atoms with Crippen molar-refractivity contribution in [1.29, 1.82) is 0 Å². The van der Waals surface area contributed by atoms with Gasteiger partial charge in [-0.25, -0.2) is 4.39 Å². The average molecular weight is 470 g/mol. The maximum atomic E-state index is 14.0. The summed E-state index contributed by atoms with van der Waals surface area (Å²) in [7, 11) is 0. The van der Waals surface area contributed by atoms with Crippen molar-refractivity contribution >= 4 is 23.2 Å². The number of nitrogens with zero attached hydrogens (tertiary/aromatic N) is 2. The molecule has 170 valence electrons. The van der Waals surface area contributed by atoms with Gasteiger partial charge in [0.15, 0.2) is 5.76 Å². The van der Waals surface area contributed by atoms with Crippen molar-refractivity contribution in [1.82, 2.24) is 9.78 Å². The van der Waals surface area contributed by atoms with Crippen LogP contribution >= 0.6 is 11.6 Å². The Labute approximate surface area is 194 Å². The number of rotatable bonds is 9. The summed E-state index contributed by atoms with van der Waals surface area (Å²) >= 11 is 6.06. The highest BCUT2D eigenvalue weighted by molar-refractivity contribution is 6.31. The molecule has 2 aromatic heterocycles. The average Bonchev–Trinajstić information content (AvgIpc) is 3.46. The topological polar surface area (TPSA) is 78.5 Å². The monoisotopic (exact) mass is 469 g/mol. The molecule has 33 heavy (non-hydrogen) atoms. The number of ether oxygens (including phenoxy) is 2. The lowest BCUT2D eigenvalue weighted by molar-refractivity contribution is 0.0992. The largest absolute Gasteiger partial charge is 0.494 e. The third-order valence-corrected chi connectivity index (χ3v) is 5.03. The van der Waals surface area contributed by atoms with E-state index in [1.807, 2.05) is 19.1 Å². The third-order valence-electron chi connectivity index (χ3n) is 4.67. The van der Waals surface area contributed by atoms with Crippen LogP contribution in [0.2, 0.25) is 5.02 Å². The number of anilines is 1. The van der Waals surface area contributed by atoms with E-state index in [-0.39, 0.29) is 18.9 Å². The molecular formula is C24H21ClFN3O4. The molecule has 0 radical (unpaired) electrons. The standard InChI is InChI=1S/C24H21ClFN3O4/c1-2-31-17-6-8-18(9-7-17)32-15-19-10-11-23(33-19)24(30)28-16-12-27-29(13-16)14-20-21(25)4-3-5-22(20)26/h3-13H,2,14-15H2,1H3,(H,28,30). The van der Waals surface area contributed by atoms with E-state index in [0.717, 1.165) is 5.75 Å². The Morgan fingerprint density at radius 1 is 1.12 bits per heavy atom. The number of hydrogen-bond acceptors (Lipinski definition) is 5. The highest BCUT2D eigenvalue weighted by Gasteiger charge is 2.14. The summed E-state index contributed by atoms with van der Waals surface area (Å²) in [4.78, 5) is 12.5. The van der Waals surface area contributed by atoms with Crippen LogP contribution in [0.4, 0.5) is 10.1 Å². The van der Waals surface area contributed by atoms with Crippen LogP contribution in [0.25, 0.3) is 0 Å². The number of furan rings is 1. The zero-order chi connectivity index (χ0) is 23.2. The minimum absolute atomic E-state index is 0.130. The van der Waals surface area contributed by atoms with Crippen LogP contribution in [-0.4, -0.2) is 22.3 Å². The van der Waals surface area contributed by atoms with E-state index in [4.69, 9.17) is 25.5 Å². The molecule has 0 fully saturated rings. The Kier molecular flexibility index (Phi) is 6.95. The van der Waals surface area contributed by atoms with Gasteiger partial charge in [-0.15, -0.1) is 0 Å². The summed E-state index contributed by atoms with van der Waals surface area (Å²) in [5, 5.41) is 7.16. The number of amides is 1. The summed E-state index contributed by atoms with van der Waals surface area (Å²) in [6.45, 7) is 2.82. The fourth-order valence-electron chi connectivity index (χ4n) is 3.08. The van der Waals surface area contributed by atoms with Crippen molar-refractivity contribution < 1.29 is 23.1 Å². The fourth-order valence-corrected chi connectivity index (χ4v) is 3.31. The number of carbonyl (C=O) groups is 1. The van der Waals surface area contributed by atoms with Crippen LogP contribution in [0.3, 0.4) is 0 Å². The number of carbonyl (C=O) groups excluding carboxylic acids is 1. The zero-order valence-electron chi connectivity index (χ0n) is 17.8. The number of benzene rings is 2. The van der Waals surface area contributed by atoms with Gasteiger partial charge < -0.3 is 19.2 Å². The van der Waals surface area contributed by atoms with Gasteiger partial charge in [0.2, 0.25) is 0 Å². The SMILES string of the molecule is CCOc1ccc(OCc2ccc(C(=O)Nc3cnn(Cc4c(F)cccc4Cl)c3)o2)cc1. The van der Waals surface area contributed by atoms with Crippen molar-refractivity contribution in [2.24, 2.45) is 0 Å². The predicted octanol–water partition coefficient (Wildman–Crippen LogP) is 5.55. The molecule has 0 bridgehead atoms. The van der Waals surface area contributed by atoms with Gasteiger partial charge in [0.25, 0.3) is 5.91 Å². The molecule has 4 rings (SSSR count). The summed E-state index contributed by atoms with van der Waals surface area (Å²) in [6.07, 6.45) is 3.05. The predicted molar refractivity (Wildman–Crippen MR) is 121 cm³/mol. The van der Waals surface area contributed by atoms with Crippen molar-refractivity contribution in [3.63, 3.8) is 0 Å². The molecule has 4 aromatic rings. The molecule has 0 unspecified atom stereocenters. The molecule has 2 heterocycles. The highest BCUT2D eigenvalue weighted by atomic mass is 35.5. The number of hydrogen-bond donors (Lipinski definition) is 1. The molecule has 1 amide bonds. The molecule has 0 aliphatic carbocycles. The Balaban J connectivity index is 1.32. The molecule has 0 saturated heterocycles. The first kappa shape index (κ1) is 22.4. The fraction of sp³-hybridized carbons (Fsp3) is 0.167. The first-order valence-electron chi connectivity index (χ1n) is 10.2. The summed E-state index contributed by atoms with van der Waals surface area (Å²) < 4.78 is 32.1. The van der Waals surface area contributed by atoms with Crippen LogP contribution in [0.15, 0.2) is 71.4 Å². The molecule has 7 nitrogen and oxygen atoms in total. The van der Waals surface area contributed by atoms with Crippen molar-refractivity contribution in [2.45, 2.75) is 20.1 Å². The molecule has 2 aromatic carbocycles. The maximum absolute atomic E-state index is 14.0. The van der Waals surface area contributed by atoms with Crippen LogP contribution in [0.5, 0.6) is 11.5 Å². The lowest BCUT2D eigenvalue weighted by Crippen LogP contribution is -2.10. The third kappa shape index (κ3) is 5.72. The first-order valence-corrected chi connectivity index (χ1v) is 10.6. The molecule has 0 saturated carbocycles. The Morgan fingerprint density at radius 2 is 1.88 bits per heavy atom. The van der Waals surface area contributed by atoms with Crippen LogP contribution in [0.1, 0.15) is 28.8 Å². The van der Waals surface area contributed by atoms with Gasteiger partial charge in [-0.1, -0.05) is 17.7 Å². The molecule has 0 spiro atoms. The summed E-state index contributed by atoms with van der Waals surface area (Å²) in [5.74, 6) is 1.19. The number of halogens is 2. The highest BCUT2D eigenvalue weighted by Crippen LogP contribution is 2.21. The second-order valence-corrected chi connectivity index (χ2v) is 7.45. The van der Waals surface area contributed by atoms with E-state index < -0.39 is 11.7 Å². The Hall–Kier alpha value is -3.78. The smallest absolute Gasteiger partial charge is 0.291 e. The lowest BCUT2D eigenvalue weighted by Gasteiger charge is -2.06. The van der Waals surface area contributed by atoms with E-state index >= 15 is 0 Å². The van der Waals surface area contributed by atoms with Gasteiger partial charge in [-0.3, -0.25) is 9.48 Å². The van der Waals surface area contributed by atoms with E-state index in [1.165, 1.54) is 23.0 Å². The molecule has 1 N–H and O–H groups in total. The van der Waals surface area contributed by atoms with Crippen LogP contribution < -0.4 is 14.8 Å². The zero-order valence-corrected chi connectivity index (χ0v) is 18.5. The quantitative estimate of drug-likeness (QED) is 0.348. The van der Waals surface area contributed by atoms with Gasteiger partial charge in [-0.2, -0.15) is 5.10 Å². The first-order chi connectivity index (χ1) is 16.0. The molecular weight excluding hydrogens is 449 g/mol. The number of aromatic nitrogens is 2. The van der Waals surface area contributed by atoms with E-state index in [0.29, 0.717) is 34.4 Å². The van der Waals surface area contributed by atoms with Gasteiger partial charge in [0.1, 0.15) is 29.7 Å².